The molecule has 0 aliphatic carbocycles. The van der Waals surface area contributed by atoms with Crippen molar-refractivity contribution in [3.05, 3.63) is 28.8 Å². The highest BCUT2D eigenvalue weighted by atomic mass is 16.5. The minimum atomic E-state index is -0.703. The second kappa shape index (κ2) is 4.00. The maximum absolute atomic E-state index is 11.1. The van der Waals surface area contributed by atoms with E-state index in [0.29, 0.717) is 11.3 Å². The third-order valence-electron chi connectivity index (χ3n) is 2.06. The number of amides is 2. The van der Waals surface area contributed by atoms with E-state index in [-0.39, 0.29) is 11.1 Å². The largest absolute Gasteiger partial charge is 0.497 e. The van der Waals surface area contributed by atoms with Crippen molar-refractivity contribution >= 4 is 11.8 Å². The van der Waals surface area contributed by atoms with E-state index in [9.17, 15) is 9.59 Å². The Bertz CT molecular complexity index is 427. The molecule has 1 aromatic carbocycles. The first-order valence-corrected chi connectivity index (χ1v) is 4.25. The van der Waals surface area contributed by atoms with Crippen molar-refractivity contribution in [3.8, 4) is 5.75 Å². The van der Waals surface area contributed by atoms with Crippen LogP contribution in [0.2, 0.25) is 0 Å². The van der Waals surface area contributed by atoms with Gasteiger partial charge in [0, 0.05) is 0 Å². The summed E-state index contributed by atoms with van der Waals surface area (Å²) >= 11 is 0. The van der Waals surface area contributed by atoms with E-state index in [2.05, 4.69) is 0 Å². The molecule has 80 valence electrons. The molecule has 0 aliphatic heterocycles. The summed E-state index contributed by atoms with van der Waals surface area (Å²) in [6.07, 6.45) is 0. The van der Waals surface area contributed by atoms with E-state index < -0.39 is 11.8 Å². The zero-order chi connectivity index (χ0) is 11.6. The molecule has 0 spiro atoms. The number of aryl methyl sites for hydroxylation is 1. The fourth-order valence-electron chi connectivity index (χ4n) is 1.39. The van der Waals surface area contributed by atoms with E-state index in [4.69, 9.17) is 16.2 Å². The van der Waals surface area contributed by atoms with Crippen LogP contribution in [0.4, 0.5) is 0 Å². The SMILES string of the molecule is COc1cc(C)c(C(N)=O)c(C(N)=O)c1. The Morgan fingerprint density at radius 1 is 1.20 bits per heavy atom. The average molecular weight is 208 g/mol. The van der Waals surface area contributed by atoms with Crippen molar-refractivity contribution in [2.24, 2.45) is 11.5 Å². The third kappa shape index (κ3) is 2.07. The first-order valence-electron chi connectivity index (χ1n) is 4.25. The van der Waals surface area contributed by atoms with Crippen LogP contribution in [0.25, 0.3) is 0 Å². The van der Waals surface area contributed by atoms with Gasteiger partial charge in [0.05, 0.1) is 18.2 Å². The monoisotopic (exact) mass is 208 g/mol. The van der Waals surface area contributed by atoms with Gasteiger partial charge in [0.15, 0.2) is 0 Å². The second-order valence-electron chi connectivity index (χ2n) is 3.10. The zero-order valence-corrected chi connectivity index (χ0v) is 8.53. The van der Waals surface area contributed by atoms with Crippen LogP contribution >= 0.6 is 0 Å². The summed E-state index contributed by atoms with van der Waals surface area (Å²) in [5, 5.41) is 0. The van der Waals surface area contributed by atoms with Gasteiger partial charge in [0.2, 0.25) is 11.8 Å². The van der Waals surface area contributed by atoms with Gasteiger partial charge in [-0.1, -0.05) is 0 Å². The molecule has 0 aromatic heterocycles. The summed E-state index contributed by atoms with van der Waals surface area (Å²) in [6.45, 7) is 1.66. The van der Waals surface area contributed by atoms with Crippen LogP contribution in [0.15, 0.2) is 12.1 Å². The molecule has 0 aliphatic rings. The predicted molar refractivity (Wildman–Crippen MR) is 54.8 cm³/mol. The van der Waals surface area contributed by atoms with Crippen molar-refractivity contribution in [2.75, 3.05) is 7.11 Å². The molecular weight excluding hydrogens is 196 g/mol. The Morgan fingerprint density at radius 3 is 2.20 bits per heavy atom. The summed E-state index contributed by atoms with van der Waals surface area (Å²) in [4.78, 5) is 22.2. The molecule has 0 unspecified atom stereocenters. The van der Waals surface area contributed by atoms with Crippen LogP contribution in [0.5, 0.6) is 5.75 Å². The molecule has 0 saturated carbocycles. The van der Waals surface area contributed by atoms with Crippen molar-refractivity contribution in [1.29, 1.82) is 0 Å². The van der Waals surface area contributed by atoms with Gasteiger partial charge in [-0.2, -0.15) is 0 Å². The Balaban J connectivity index is 3.49. The smallest absolute Gasteiger partial charge is 0.249 e. The molecule has 5 nitrogen and oxygen atoms in total. The highest BCUT2D eigenvalue weighted by molar-refractivity contribution is 6.07. The first-order chi connectivity index (χ1) is 6.97. The van der Waals surface area contributed by atoms with Crippen molar-refractivity contribution in [3.63, 3.8) is 0 Å². The van der Waals surface area contributed by atoms with Gasteiger partial charge in [0.1, 0.15) is 5.75 Å². The summed E-state index contributed by atoms with van der Waals surface area (Å²) in [7, 11) is 1.46. The number of rotatable bonds is 3. The van der Waals surface area contributed by atoms with Gasteiger partial charge >= 0.3 is 0 Å². The number of benzene rings is 1. The summed E-state index contributed by atoms with van der Waals surface area (Å²) in [6, 6.07) is 3.02. The lowest BCUT2D eigenvalue weighted by molar-refractivity contribution is 0.0966. The van der Waals surface area contributed by atoms with Crippen LogP contribution in [0.3, 0.4) is 0 Å². The predicted octanol–water partition coefficient (Wildman–Crippen LogP) is 0.201. The van der Waals surface area contributed by atoms with Gasteiger partial charge in [-0.3, -0.25) is 9.59 Å². The molecule has 0 bridgehead atoms. The molecule has 4 N–H and O–H groups in total. The lowest BCUT2D eigenvalue weighted by Crippen LogP contribution is -2.21. The molecule has 0 fully saturated rings. The van der Waals surface area contributed by atoms with Gasteiger partial charge in [-0.25, -0.2) is 0 Å². The van der Waals surface area contributed by atoms with E-state index in [1.54, 1.807) is 13.0 Å². The van der Waals surface area contributed by atoms with E-state index >= 15 is 0 Å². The highest BCUT2D eigenvalue weighted by Gasteiger charge is 2.17. The quantitative estimate of drug-likeness (QED) is 0.742. The number of methoxy groups -OCH3 is 1. The summed E-state index contributed by atoms with van der Waals surface area (Å²) in [5.74, 6) is -0.916. The topological polar surface area (TPSA) is 95.4 Å². The molecule has 0 saturated heterocycles. The Kier molecular flexibility index (Phi) is 2.94. The molecule has 0 heterocycles. The fourth-order valence-corrected chi connectivity index (χ4v) is 1.39. The van der Waals surface area contributed by atoms with E-state index in [1.165, 1.54) is 13.2 Å². The highest BCUT2D eigenvalue weighted by Crippen LogP contribution is 2.21. The maximum Gasteiger partial charge on any atom is 0.249 e. The van der Waals surface area contributed by atoms with Crippen LogP contribution < -0.4 is 16.2 Å². The number of nitrogens with two attached hydrogens (primary N) is 2. The molecular formula is C10H12N2O3. The number of carbonyl (C=O) groups excluding carboxylic acids is 2. The number of primary amides is 2. The normalized spacial score (nSPS) is 9.73. The third-order valence-corrected chi connectivity index (χ3v) is 2.06. The molecule has 15 heavy (non-hydrogen) atoms. The fraction of sp³-hybridized carbons (Fsp3) is 0.200. The molecule has 5 heteroatoms. The molecule has 0 radical (unpaired) electrons. The second-order valence-corrected chi connectivity index (χ2v) is 3.10. The van der Waals surface area contributed by atoms with Gasteiger partial charge < -0.3 is 16.2 Å². The number of hydrogen-bond acceptors (Lipinski definition) is 3. The Labute approximate surface area is 87.0 Å². The average Bonchev–Trinajstić information content (AvgIpc) is 2.15. The molecule has 2 amide bonds. The number of ether oxygens (including phenoxy) is 1. The van der Waals surface area contributed by atoms with Crippen LogP contribution in [0.1, 0.15) is 26.3 Å². The minimum Gasteiger partial charge on any atom is -0.497 e. The van der Waals surface area contributed by atoms with Gasteiger partial charge in [0.25, 0.3) is 0 Å². The Morgan fingerprint density at radius 2 is 1.80 bits per heavy atom. The lowest BCUT2D eigenvalue weighted by Gasteiger charge is -2.09. The molecule has 1 aromatic rings. The van der Waals surface area contributed by atoms with Crippen LogP contribution in [-0.4, -0.2) is 18.9 Å². The minimum absolute atomic E-state index is 0.0827. The van der Waals surface area contributed by atoms with Gasteiger partial charge in [-0.05, 0) is 24.6 Å². The number of carbonyl (C=O) groups is 2. The van der Waals surface area contributed by atoms with Crippen molar-refractivity contribution < 1.29 is 14.3 Å². The summed E-state index contributed by atoms with van der Waals surface area (Å²) < 4.78 is 4.96. The molecule has 1 rings (SSSR count). The molecule has 0 atom stereocenters. The zero-order valence-electron chi connectivity index (χ0n) is 8.53. The first kappa shape index (κ1) is 11.0. The van der Waals surface area contributed by atoms with E-state index in [0.717, 1.165) is 0 Å². The Hall–Kier alpha value is -2.04. The van der Waals surface area contributed by atoms with Crippen LogP contribution in [0, 0.1) is 6.92 Å². The van der Waals surface area contributed by atoms with Crippen molar-refractivity contribution in [1.82, 2.24) is 0 Å². The lowest BCUT2D eigenvalue weighted by atomic mass is 10.0. The number of hydrogen-bond donors (Lipinski definition) is 2. The summed E-state index contributed by atoms with van der Waals surface area (Å²) in [5.41, 5.74) is 11.1. The van der Waals surface area contributed by atoms with Crippen molar-refractivity contribution in [2.45, 2.75) is 6.92 Å². The van der Waals surface area contributed by atoms with Gasteiger partial charge in [-0.15, -0.1) is 0 Å². The van der Waals surface area contributed by atoms with Crippen LogP contribution in [-0.2, 0) is 0 Å². The maximum atomic E-state index is 11.1. The standard InChI is InChI=1S/C10H12N2O3/c1-5-3-6(15-2)4-7(9(11)13)8(5)10(12)14/h3-4H,1-2H3,(H2,11,13)(H2,12,14). The van der Waals surface area contributed by atoms with E-state index in [1.807, 2.05) is 0 Å².